The minimum Gasteiger partial charge on any atom is -0.301 e. The Morgan fingerprint density at radius 2 is 1.75 bits per heavy atom. The third-order valence-corrected chi connectivity index (χ3v) is 6.65. The zero-order valence-electron chi connectivity index (χ0n) is 8.48. The van der Waals surface area contributed by atoms with Crippen molar-refractivity contribution in [1.82, 2.24) is 9.33 Å². The summed E-state index contributed by atoms with van der Waals surface area (Å²) in [4.78, 5) is 0. The zero-order chi connectivity index (χ0) is 12.7. The fourth-order valence-corrected chi connectivity index (χ4v) is 5.64. The van der Waals surface area contributed by atoms with Gasteiger partial charge in [-0.25, -0.2) is 0 Å². The van der Waals surface area contributed by atoms with Gasteiger partial charge in [0.15, 0.2) is 0 Å². The molecule has 1 heterocycles. The van der Waals surface area contributed by atoms with E-state index in [0.29, 0.717) is 0 Å². The van der Waals surface area contributed by atoms with E-state index in [2.05, 4.69) is 9.04 Å². The van der Waals surface area contributed by atoms with Crippen LogP contribution in [0.25, 0.3) is 0 Å². The van der Waals surface area contributed by atoms with Gasteiger partial charge in [0.25, 0.3) is 0 Å². The van der Waals surface area contributed by atoms with Gasteiger partial charge in [0, 0.05) is 4.66 Å². The molecule has 96 valence electrons. The standard InChI is InChI=1S/C4H9F5N3OP3/c1-4(2,3)13-16(9)10-14(7)11(5)15(8)12(16)6/h1-3H3. The Kier molecular flexibility index (Phi) is 4.32. The summed E-state index contributed by atoms with van der Waals surface area (Å²) in [7, 11) is -12.3. The van der Waals surface area contributed by atoms with E-state index in [1.807, 2.05) is 0 Å². The monoisotopic (exact) mass is 303 g/mol. The molecule has 3 unspecified atom stereocenters. The Morgan fingerprint density at radius 1 is 1.25 bits per heavy atom. The molecule has 0 fully saturated rings. The van der Waals surface area contributed by atoms with Gasteiger partial charge in [-0.2, -0.15) is 17.1 Å². The molecule has 0 bridgehead atoms. The number of hydrogen-bond donors (Lipinski definition) is 0. The Hall–Kier alpha value is 0.620. The minimum absolute atomic E-state index is 1.06. The van der Waals surface area contributed by atoms with Gasteiger partial charge in [0.2, 0.25) is 0 Å². The molecule has 0 amide bonds. The first-order chi connectivity index (χ1) is 7.07. The second-order valence-electron chi connectivity index (χ2n) is 3.73. The molecule has 1 aliphatic heterocycles. The molecule has 0 aliphatic carbocycles. The van der Waals surface area contributed by atoms with Crippen LogP contribution in [0.5, 0.6) is 0 Å². The van der Waals surface area contributed by atoms with Crippen LogP contribution >= 0.6 is 24.8 Å². The largest absolute Gasteiger partial charge is 0.372 e. The van der Waals surface area contributed by atoms with Crippen molar-refractivity contribution in [3.05, 3.63) is 0 Å². The molecule has 0 saturated carbocycles. The van der Waals surface area contributed by atoms with E-state index in [1.165, 1.54) is 20.8 Å². The van der Waals surface area contributed by atoms with Gasteiger partial charge < -0.3 is 4.52 Å². The molecule has 1 aliphatic rings. The summed E-state index contributed by atoms with van der Waals surface area (Å²) in [6.07, 6.45) is 0. The van der Waals surface area contributed by atoms with E-state index >= 15 is 0 Å². The average Bonchev–Trinajstić information content (AvgIpc) is 2.09. The molecule has 0 spiro atoms. The molecule has 0 aromatic rings. The third-order valence-electron chi connectivity index (χ3n) is 1.19. The molecule has 0 radical (unpaired) electrons. The van der Waals surface area contributed by atoms with Crippen LogP contribution in [0.15, 0.2) is 4.52 Å². The number of nitrogens with zero attached hydrogens (tertiary/aromatic N) is 3. The lowest BCUT2D eigenvalue weighted by molar-refractivity contribution is 0.0924. The molecule has 0 aromatic carbocycles. The van der Waals surface area contributed by atoms with Crippen molar-refractivity contribution in [3.8, 4) is 0 Å². The molecule has 4 nitrogen and oxygen atoms in total. The predicted molar refractivity (Wildman–Crippen MR) is 53.2 cm³/mol. The molecule has 3 atom stereocenters. The van der Waals surface area contributed by atoms with Gasteiger partial charge in [-0.15, -0.1) is 8.96 Å². The van der Waals surface area contributed by atoms with Crippen molar-refractivity contribution in [2.75, 3.05) is 0 Å². The van der Waals surface area contributed by atoms with E-state index in [9.17, 15) is 21.6 Å². The van der Waals surface area contributed by atoms with Crippen molar-refractivity contribution in [1.29, 1.82) is 0 Å². The summed E-state index contributed by atoms with van der Waals surface area (Å²) in [5.74, 6) is 0. The number of hydrogen-bond acceptors (Lipinski definition) is 4. The SMILES string of the molecule is CC(C)(C)OP1(F)=NP(F)N(F)P(F)N1F. The van der Waals surface area contributed by atoms with Crippen LogP contribution in [0.1, 0.15) is 20.8 Å². The normalized spacial score (nSPS) is 38.5. The highest BCUT2D eigenvalue weighted by Gasteiger charge is 2.52. The van der Waals surface area contributed by atoms with Crippen molar-refractivity contribution < 1.29 is 26.1 Å². The van der Waals surface area contributed by atoms with E-state index in [1.54, 1.807) is 0 Å². The molecular formula is C4H9F5N3OP3. The lowest BCUT2D eigenvalue weighted by Crippen LogP contribution is -2.22. The zero-order valence-corrected chi connectivity index (χ0v) is 11.2. The first kappa shape index (κ1) is 14.7. The molecule has 0 N–H and O–H groups in total. The first-order valence-corrected chi connectivity index (χ1v) is 7.71. The van der Waals surface area contributed by atoms with E-state index in [-0.39, 0.29) is 0 Å². The van der Waals surface area contributed by atoms with Gasteiger partial charge in [0.1, 0.15) is 0 Å². The van der Waals surface area contributed by atoms with Crippen LogP contribution in [0.3, 0.4) is 0 Å². The fourth-order valence-electron chi connectivity index (χ4n) is 0.770. The Balaban J connectivity index is 3.06. The van der Waals surface area contributed by atoms with E-state index in [4.69, 9.17) is 0 Å². The van der Waals surface area contributed by atoms with Crippen molar-refractivity contribution in [2.45, 2.75) is 26.4 Å². The second kappa shape index (κ2) is 4.71. The average molecular weight is 303 g/mol. The fraction of sp³-hybridized carbons (Fsp3) is 1.00. The summed E-state index contributed by atoms with van der Waals surface area (Å²) in [6, 6.07) is 0. The van der Waals surface area contributed by atoms with Crippen LogP contribution in [0.4, 0.5) is 21.6 Å². The van der Waals surface area contributed by atoms with E-state index < -0.39 is 39.7 Å². The van der Waals surface area contributed by atoms with Crippen LogP contribution in [0.2, 0.25) is 0 Å². The summed E-state index contributed by atoms with van der Waals surface area (Å²) in [6.45, 7) is 4.08. The molecule has 1 rings (SSSR count). The highest BCUT2D eigenvalue weighted by atomic mass is 31.3. The van der Waals surface area contributed by atoms with Gasteiger partial charge in [-0.3, -0.25) is 0 Å². The van der Waals surface area contributed by atoms with Crippen molar-refractivity contribution >= 4 is 24.8 Å². The van der Waals surface area contributed by atoms with Crippen LogP contribution in [-0.4, -0.2) is 14.9 Å². The van der Waals surface area contributed by atoms with Gasteiger partial charge in [-0.05, 0) is 25.4 Å². The van der Waals surface area contributed by atoms with Gasteiger partial charge in [-0.1, -0.05) is 0 Å². The molecular weight excluding hydrogens is 294 g/mol. The smallest absolute Gasteiger partial charge is 0.301 e. The molecule has 0 saturated heterocycles. The van der Waals surface area contributed by atoms with Crippen LogP contribution < -0.4 is 0 Å². The summed E-state index contributed by atoms with van der Waals surface area (Å²) < 4.78 is 70.1. The Labute approximate surface area is 91.9 Å². The summed E-state index contributed by atoms with van der Waals surface area (Å²) in [5.41, 5.74) is -1.19. The maximum absolute atomic E-state index is 13.8. The number of rotatable bonds is 1. The van der Waals surface area contributed by atoms with Crippen molar-refractivity contribution in [2.24, 2.45) is 4.52 Å². The third kappa shape index (κ3) is 3.09. The minimum atomic E-state index is -4.91. The maximum atomic E-state index is 13.8. The lowest BCUT2D eigenvalue weighted by atomic mass is 10.2. The topological polar surface area (TPSA) is 28.1 Å². The lowest BCUT2D eigenvalue weighted by Gasteiger charge is -2.33. The first-order valence-electron chi connectivity index (χ1n) is 3.93. The Bertz CT molecular complexity index is 325. The molecule has 12 heteroatoms. The molecule has 0 aromatic heterocycles. The van der Waals surface area contributed by atoms with Crippen molar-refractivity contribution in [3.63, 3.8) is 0 Å². The Morgan fingerprint density at radius 3 is 2.19 bits per heavy atom. The van der Waals surface area contributed by atoms with E-state index in [0.717, 1.165) is 0 Å². The number of halogens is 5. The van der Waals surface area contributed by atoms with Crippen LogP contribution in [-0.2, 0) is 4.52 Å². The summed E-state index contributed by atoms with van der Waals surface area (Å²) in [5, 5.41) is 0. The highest BCUT2D eigenvalue weighted by molar-refractivity contribution is 7.77. The highest BCUT2D eigenvalue weighted by Crippen LogP contribution is 2.81. The maximum Gasteiger partial charge on any atom is 0.372 e. The van der Waals surface area contributed by atoms with Gasteiger partial charge in [0.05, 0.1) is 5.60 Å². The second-order valence-corrected chi connectivity index (χ2v) is 8.57. The quantitative estimate of drug-likeness (QED) is 0.364. The predicted octanol–water partition coefficient (Wildman–Crippen LogP) is 5.50. The van der Waals surface area contributed by atoms with Gasteiger partial charge >= 0.3 is 24.8 Å². The molecule has 16 heavy (non-hydrogen) atoms. The summed E-state index contributed by atoms with van der Waals surface area (Å²) >= 11 is 0. The van der Waals surface area contributed by atoms with Crippen LogP contribution in [0, 0.1) is 0 Å².